The van der Waals surface area contributed by atoms with Crippen LogP contribution in [0.5, 0.6) is 11.5 Å². The number of pyridine rings is 2. The molecule has 17 heteroatoms. The second-order valence-corrected chi connectivity index (χ2v) is 20.9. The Morgan fingerprint density at radius 3 is 2.44 bits per heavy atom. The molecule has 10 rings (SSSR count). The van der Waals surface area contributed by atoms with Gasteiger partial charge >= 0.3 is 5.97 Å². The van der Waals surface area contributed by atoms with E-state index in [4.69, 9.17) is 26.1 Å². The highest BCUT2D eigenvalue weighted by atomic mass is 35.5. The van der Waals surface area contributed by atoms with Crippen molar-refractivity contribution < 1.29 is 29.3 Å². The van der Waals surface area contributed by atoms with Crippen LogP contribution in [0.25, 0.3) is 22.3 Å². The molecule has 1 saturated carbocycles. The number of fused-ring (bicyclic) bond motifs is 5. The number of aliphatic hydroxyl groups is 1. The second kappa shape index (κ2) is 21.2. The number of aromatic hydroxyl groups is 1. The summed E-state index contributed by atoms with van der Waals surface area (Å²) in [5.74, 6) is 1.53. The standard InChI is InChI=1S/C55H64ClN9O7/c1-3-55(70)43-29-46-51-37(31-65(46)53(68)42(43)33-71-54(55)69)28-40-41(47(66)16-14-44(40)59-51)32-63-26-24-62(25-27-63)21-7-5-4-6-8-35-19-22-64(23-20-35)49-18-15-45(60-61-49)52(67)58-38-10-12-39(13-11-38)72-48-17-9-36(30-57)50(56)34(48)2/h9,14-18,28-29,35,38-39,66,70H,3-8,10-13,19-27,31-33H2,1-2H3,(H,58,67)/t38?,39?,55-/m0/s1. The van der Waals surface area contributed by atoms with Gasteiger partial charge in [0.15, 0.2) is 17.1 Å². The number of piperazine rings is 1. The normalized spacial score (nSPS) is 21.4. The largest absolute Gasteiger partial charge is 0.508 e. The van der Waals surface area contributed by atoms with Crippen LogP contribution in [0.4, 0.5) is 5.82 Å². The van der Waals surface area contributed by atoms with Crippen LogP contribution in [0.15, 0.2) is 53.3 Å². The van der Waals surface area contributed by atoms with E-state index in [-0.39, 0.29) is 42.4 Å². The van der Waals surface area contributed by atoms with Gasteiger partial charge in [-0.1, -0.05) is 44.2 Å². The van der Waals surface area contributed by atoms with Gasteiger partial charge in [-0.3, -0.25) is 14.5 Å². The first-order chi connectivity index (χ1) is 34.9. The molecule has 3 N–H and O–H groups in total. The molecule has 0 radical (unpaired) electrons. The summed E-state index contributed by atoms with van der Waals surface area (Å²) >= 11 is 6.33. The molecular formula is C55H64ClN9O7. The first-order valence-electron chi connectivity index (χ1n) is 25.9. The highest BCUT2D eigenvalue weighted by Gasteiger charge is 2.45. The quantitative estimate of drug-likeness (QED) is 0.0675. The van der Waals surface area contributed by atoms with E-state index in [0.717, 1.165) is 124 Å². The van der Waals surface area contributed by atoms with Crippen molar-refractivity contribution in [3.05, 3.63) is 103 Å². The predicted octanol–water partition coefficient (Wildman–Crippen LogP) is 7.51. The lowest BCUT2D eigenvalue weighted by atomic mass is 9.86. The van der Waals surface area contributed by atoms with Gasteiger partial charge in [-0.05, 0) is 119 Å². The van der Waals surface area contributed by atoms with E-state index in [1.165, 1.54) is 32.1 Å². The maximum atomic E-state index is 13.7. The Morgan fingerprint density at radius 1 is 0.944 bits per heavy atom. The summed E-state index contributed by atoms with van der Waals surface area (Å²) in [5.41, 5.74) is 3.59. The third-order valence-corrected chi connectivity index (χ3v) is 16.5. The first kappa shape index (κ1) is 49.5. The smallest absolute Gasteiger partial charge is 0.343 e. The number of phenols is 1. The number of amides is 1. The number of phenolic OH excluding ortho intramolecular Hbond substituents is 1. The SMILES string of the molecule is CC[C@@]1(O)C(=O)OCc2c1cc1n(c2=O)Cc2cc3c(CN4CCN(CCCCCCC5CCN(c6ccc(C(=O)NC7CCC(Oc8ccc(C#N)c(Cl)c8C)CC7)nn6)CC5)CC4)c(O)ccc3nc2-1. The number of hydrogen-bond acceptors (Lipinski definition) is 14. The zero-order chi connectivity index (χ0) is 50.1. The molecule has 0 spiro atoms. The fraction of sp³-hybridized carbons (Fsp3) is 0.509. The van der Waals surface area contributed by atoms with Crippen LogP contribution in [-0.2, 0) is 34.8 Å². The second-order valence-electron chi connectivity index (χ2n) is 20.5. The van der Waals surface area contributed by atoms with Gasteiger partial charge in [0.1, 0.15) is 24.2 Å². The third kappa shape index (κ3) is 10.0. The van der Waals surface area contributed by atoms with Crippen molar-refractivity contribution in [2.45, 2.75) is 128 Å². The van der Waals surface area contributed by atoms with Crippen LogP contribution in [-0.4, -0.2) is 110 Å². The van der Waals surface area contributed by atoms with Crippen molar-refractivity contribution in [2.24, 2.45) is 5.92 Å². The molecule has 3 fully saturated rings. The Hall–Kier alpha value is -6.12. The number of halogens is 1. The van der Waals surface area contributed by atoms with Crippen LogP contribution in [0.1, 0.15) is 128 Å². The molecule has 4 aliphatic heterocycles. The molecule has 5 aromatic rings. The molecule has 2 aromatic carbocycles. The van der Waals surface area contributed by atoms with Crippen molar-refractivity contribution in [3.63, 3.8) is 0 Å². The topological polar surface area (TPSA) is 199 Å². The summed E-state index contributed by atoms with van der Waals surface area (Å²) in [7, 11) is 0. The maximum Gasteiger partial charge on any atom is 0.343 e. The maximum absolute atomic E-state index is 13.7. The summed E-state index contributed by atoms with van der Waals surface area (Å²) in [4.78, 5) is 51.6. The molecule has 7 heterocycles. The van der Waals surface area contributed by atoms with E-state index >= 15 is 0 Å². The number of ether oxygens (including phenoxy) is 2. The van der Waals surface area contributed by atoms with Gasteiger partial charge in [0.05, 0.1) is 45.7 Å². The van der Waals surface area contributed by atoms with Crippen molar-refractivity contribution in [1.82, 2.24) is 34.9 Å². The number of unbranched alkanes of at least 4 members (excludes halogenated alkanes) is 3. The number of carbonyl (C=O) groups excluding carboxylic acids is 2. The minimum Gasteiger partial charge on any atom is -0.508 e. The van der Waals surface area contributed by atoms with E-state index in [0.29, 0.717) is 57.6 Å². The van der Waals surface area contributed by atoms with Crippen LogP contribution in [0.3, 0.4) is 0 Å². The number of benzene rings is 2. The predicted molar refractivity (Wildman–Crippen MR) is 273 cm³/mol. The number of nitrogens with one attached hydrogen (secondary N) is 1. The number of aromatic nitrogens is 4. The number of hydrogen-bond donors (Lipinski definition) is 3. The van der Waals surface area contributed by atoms with Crippen LogP contribution < -0.4 is 20.5 Å². The van der Waals surface area contributed by atoms with Gasteiger partial charge in [0, 0.05) is 79.5 Å². The summed E-state index contributed by atoms with van der Waals surface area (Å²) in [6.45, 7) is 11.1. The lowest BCUT2D eigenvalue weighted by Gasteiger charge is -2.35. The summed E-state index contributed by atoms with van der Waals surface area (Å²) in [6.07, 6.45) is 11.8. The number of piperidine rings is 1. The van der Waals surface area contributed by atoms with Crippen molar-refractivity contribution in [3.8, 4) is 29.0 Å². The van der Waals surface area contributed by atoms with Gasteiger partial charge in [-0.15, -0.1) is 10.2 Å². The fourth-order valence-electron chi connectivity index (χ4n) is 11.5. The first-order valence-corrected chi connectivity index (χ1v) is 26.3. The van der Waals surface area contributed by atoms with E-state index in [1.54, 1.807) is 47.9 Å². The van der Waals surface area contributed by atoms with Crippen LogP contribution >= 0.6 is 11.6 Å². The molecule has 0 unspecified atom stereocenters. The number of nitrogens with zero attached hydrogens (tertiary/aromatic N) is 8. The van der Waals surface area contributed by atoms with Gasteiger partial charge in [-0.2, -0.15) is 5.26 Å². The Bertz CT molecular complexity index is 2950. The number of anilines is 1. The molecule has 16 nitrogen and oxygen atoms in total. The fourth-order valence-corrected chi connectivity index (χ4v) is 11.7. The Labute approximate surface area is 424 Å². The molecule has 3 aromatic heterocycles. The summed E-state index contributed by atoms with van der Waals surface area (Å²) < 4.78 is 13.1. The monoisotopic (exact) mass is 997 g/mol. The molecule has 72 heavy (non-hydrogen) atoms. The van der Waals surface area contributed by atoms with E-state index in [1.807, 2.05) is 19.1 Å². The zero-order valence-electron chi connectivity index (χ0n) is 41.3. The van der Waals surface area contributed by atoms with Gasteiger partial charge in [-0.25, -0.2) is 9.78 Å². The lowest BCUT2D eigenvalue weighted by Crippen LogP contribution is -2.46. The molecule has 378 valence electrons. The molecule has 1 aliphatic carbocycles. The number of cyclic esters (lactones) is 1. The number of carbonyl (C=O) groups is 2. The highest BCUT2D eigenvalue weighted by molar-refractivity contribution is 6.32. The number of nitriles is 1. The van der Waals surface area contributed by atoms with Crippen molar-refractivity contribution >= 4 is 40.2 Å². The molecule has 0 bridgehead atoms. The Balaban J connectivity index is 0.614. The summed E-state index contributed by atoms with van der Waals surface area (Å²) in [5, 5.41) is 44.8. The van der Waals surface area contributed by atoms with Crippen molar-refractivity contribution in [2.75, 3.05) is 50.7 Å². The number of rotatable bonds is 15. The average molecular weight is 999 g/mol. The van der Waals surface area contributed by atoms with E-state index in [2.05, 4.69) is 36.3 Å². The molecule has 2 saturated heterocycles. The zero-order valence-corrected chi connectivity index (χ0v) is 42.1. The molecule has 1 atom stereocenters. The minimum atomic E-state index is -1.88. The van der Waals surface area contributed by atoms with Gasteiger partial charge < -0.3 is 39.4 Å². The van der Waals surface area contributed by atoms with Crippen molar-refractivity contribution in [1.29, 1.82) is 5.26 Å². The molecule has 5 aliphatic rings. The molecule has 1 amide bonds. The Morgan fingerprint density at radius 2 is 1.71 bits per heavy atom. The summed E-state index contributed by atoms with van der Waals surface area (Å²) in [6, 6.07) is 16.6. The van der Waals surface area contributed by atoms with Gasteiger partial charge in [0.25, 0.3) is 11.5 Å². The van der Waals surface area contributed by atoms with E-state index in [9.17, 15) is 29.9 Å². The van der Waals surface area contributed by atoms with Crippen LogP contribution in [0.2, 0.25) is 5.02 Å². The van der Waals surface area contributed by atoms with Crippen LogP contribution in [0, 0.1) is 24.2 Å². The highest BCUT2D eigenvalue weighted by Crippen LogP contribution is 2.40. The minimum absolute atomic E-state index is 0.0256. The average Bonchev–Trinajstić information content (AvgIpc) is 3.76. The lowest BCUT2D eigenvalue weighted by molar-refractivity contribution is -0.172. The molecular weight excluding hydrogens is 934 g/mol. The third-order valence-electron chi connectivity index (χ3n) is 16.0. The van der Waals surface area contributed by atoms with E-state index < -0.39 is 11.6 Å². The number of esters is 1. The Kier molecular flexibility index (Phi) is 14.5. The van der Waals surface area contributed by atoms with Gasteiger partial charge in [0.2, 0.25) is 0 Å².